The molecule has 1 saturated carbocycles. The molecule has 11 nitrogen and oxygen atoms in total. The number of anilines is 1. The molecule has 12 heteroatoms. The van der Waals surface area contributed by atoms with Crippen molar-refractivity contribution < 1.29 is 33.4 Å². The second-order valence-corrected chi connectivity index (χ2v) is 11.0. The van der Waals surface area contributed by atoms with E-state index < -0.39 is 36.3 Å². The number of ether oxygens (including phenoxy) is 2. The SMILES string of the molecule is CCO[C@@H]1OC(=O)C[C@H]1NC(=O)[C@@H]1CCCN1C(=O)[C@@H](NC(=O)c1ccc(NC(C)=O)cc1Cl)C1CCCCC1. The van der Waals surface area contributed by atoms with E-state index in [2.05, 4.69) is 16.0 Å². The Morgan fingerprint density at radius 3 is 2.55 bits per heavy atom. The molecule has 1 aromatic carbocycles. The van der Waals surface area contributed by atoms with Crippen molar-refractivity contribution in [1.29, 1.82) is 0 Å². The molecule has 0 unspecified atom stereocenters. The zero-order valence-corrected chi connectivity index (χ0v) is 23.6. The van der Waals surface area contributed by atoms with E-state index in [1.807, 2.05) is 0 Å². The van der Waals surface area contributed by atoms with Crippen molar-refractivity contribution in [3.8, 4) is 0 Å². The number of nitrogens with zero attached hydrogens (tertiary/aromatic N) is 1. The number of halogens is 1. The van der Waals surface area contributed by atoms with E-state index in [0.29, 0.717) is 31.7 Å². The first-order chi connectivity index (χ1) is 19.2. The summed E-state index contributed by atoms with van der Waals surface area (Å²) in [6.45, 7) is 3.85. The Morgan fingerprint density at radius 2 is 1.88 bits per heavy atom. The summed E-state index contributed by atoms with van der Waals surface area (Å²) >= 11 is 6.37. The molecule has 40 heavy (non-hydrogen) atoms. The molecule has 1 aliphatic carbocycles. The first-order valence-electron chi connectivity index (χ1n) is 14.0. The number of nitrogens with one attached hydrogen (secondary N) is 3. The highest BCUT2D eigenvalue weighted by molar-refractivity contribution is 6.34. The fourth-order valence-corrected chi connectivity index (χ4v) is 6.04. The average Bonchev–Trinajstić information content (AvgIpc) is 3.54. The Hall–Kier alpha value is -3.18. The van der Waals surface area contributed by atoms with Crippen molar-refractivity contribution in [2.24, 2.45) is 5.92 Å². The first kappa shape index (κ1) is 29.8. The van der Waals surface area contributed by atoms with E-state index in [0.717, 1.165) is 32.1 Å². The Kier molecular flexibility index (Phi) is 10.0. The first-order valence-corrected chi connectivity index (χ1v) is 14.4. The summed E-state index contributed by atoms with van der Waals surface area (Å²) in [6, 6.07) is 2.40. The number of carbonyl (C=O) groups excluding carboxylic acids is 5. The predicted molar refractivity (Wildman–Crippen MR) is 146 cm³/mol. The summed E-state index contributed by atoms with van der Waals surface area (Å²) in [7, 11) is 0. The largest absolute Gasteiger partial charge is 0.433 e. The standard InChI is InChI=1S/C28H37ClN4O7/c1-3-39-28-21(15-23(35)40-28)31-26(37)22-10-7-13-33(22)27(38)24(17-8-5-4-6-9-17)32-25(36)19-12-11-18(14-20(19)29)30-16(2)34/h11-12,14,17,21-22,24,28H,3-10,13,15H2,1-2H3,(H,30,34)(H,31,37)(H,32,36)/t21-,22+,24+,28-/m1/s1. The Balaban J connectivity index is 1.50. The summed E-state index contributed by atoms with van der Waals surface area (Å²) in [5.74, 6) is -1.96. The molecule has 4 amide bonds. The molecule has 4 rings (SSSR count). The van der Waals surface area contributed by atoms with Gasteiger partial charge in [-0.2, -0.15) is 0 Å². The van der Waals surface area contributed by atoms with E-state index in [-0.39, 0.29) is 40.6 Å². The van der Waals surface area contributed by atoms with Crippen LogP contribution in [-0.4, -0.2) is 72.1 Å². The molecule has 4 atom stereocenters. The van der Waals surface area contributed by atoms with Crippen LogP contribution in [0.4, 0.5) is 5.69 Å². The van der Waals surface area contributed by atoms with Gasteiger partial charge in [-0.1, -0.05) is 30.9 Å². The molecule has 3 fully saturated rings. The lowest BCUT2D eigenvalue weighted by Gasteiger charge is -2.35. The van der Waals surface area contributed by atoms with E-state index in [4.69, 9.17) is 21.1 Å². The average molecular weight is 577 g/mol. The molecule has 1 aromatic rings. The lowest BCUT2D eigenvalue weighted by atomic mass is 9.83. The lowest BCUT2D eigenvalue weighted by molar-refractivity contribution is -0.164. The summed E-state index contributed by atoms with van der Waals surface area (Å²) in [5, 5.41) is 8.54. The van der Waals surface area contributed by atoms with Gasteiger partial charge in [0.2, 0.25) is 24.0 Å². The highest BCUT2D eigenvalue weighted by atomic mass is 35.5. The highest BCUT2D eigenvalue weighted by Gasteiger charge is 2.43. The van der Waals surface area contributed by atoms with Crippen LogP contribution in [0.5, 0.6) is 0 Å². The Bertz CT molecular complexity index is 1140. The molecule has 2 heterocycles. The molecule has 3 N–H and O–H groups in total. The van der Waals surface area contributed by atoms with Crippen LogP contribution in [0.1, 0.15) is 75.6 Å². The van der Waals surface area contributed by atoms with E-state index >= 15 is 0 Å². The van der Waals surface area contributed by atoms with Gasteiger partial charge in [-0.15, -0.1) is 0 Å². The molecule has 3 aliphatic rings. The van der Waals surface area contributed by atoms with Gasteiger partial charge in [-0.3, -0.25) is 24.0 Å². The van der Waals surface area contributed by atoms with Gasteiger partial charge < -0.3 is 30.3 Å². The quantitative estimate of drug-likeness (QED) is 0.384. The van der Waals surface area contributed by atoms with E-state index in [1.165, 1.54) is 19.1 Å². The van der Waals surface area contributed by atoms with Crippen molar-refractivity contribution in [2.45, 2.75) is 89.6 Å². The van der Waals surface area contributed by atoms with Crippen molar-refractivity contribution in [2.75, 3.05) is 18.5 Å². The third-order valence-corrected chi connectivity index (χ3v) is 7.98. The van der Waals surface area contributed by atoms with Crippen molar-refractivity contribution >= 4 is 46.9 Å². The van der Waals surface area contributed by atoms with Gasteiger partial charge in [0.05, 0.1) is 17.0 Å². The summed E-state index contributed by atoms with van der Waals surface area (Å²) in [4.78, 5) is 65.4. The van der Waals surface area contributed by atoms with Crippen molar-refractivity contribution in [3.05, 3.63) is 28.8 Å². The fourth-order valence-electron chi connectivity index (χ4n) is 5.78. The second kappa shape index (κ2) is 13.5. The summed E-state index contributed by atoms with van der Waals surface area (Å²) in [5.41, 5.74) is 0.647. The summed E-state index contributed by atoms with van der Waals surface area (Å²) < 4.78 is 10.6. The smallest absolute Gasteiger partial charge is 0.310 e. The Labute approximate surface area is 238 Å². The number of cyclic esters (lactones) is 1. The molecule has 0 radical (unpaired) electrons. The molecular formula is C28H37ClN4O7. The van der Waals surface area contributed by atoms with Crippen molar-refractivity contribution in [1.82, 2.24) is 15.5 Å². The fraction of sp³-hybridized carbons (Fsp3) is 0.607. The van der Waals surface area contributed by atoms with Gasteiger partial charge in [0.15, 0.2) is 0 Å². The number of benzene rings is 1. The topological polar surface area (TPSA) is 143 Å². The molecule has 2 saturated heterocycles. The number of carbonyl (C=O) groups is 5. The molecule has 0 bridgehead atoms. The van der Waals surface area contributed by atoms with Crippen LogP contribution < -0.4 is 16.0 Å². The molecule has 218 valence electrons. The van der Waals surface area contributed by atoms with Crippen LogP contribution in [-0.2, 0) is 28.7 Å². The number of esters is 1. The minimum atomic E-state index is -0.858. The van der Waals surface area contributed by atoms with Crippen LogP contribution in [0.15, 0.2) is 18.2 Å². The minimum Gasteiger partial charge on any atom is -0.433 e. The predicted octanol–water partition coefficient (Wildman–Crippen LogP) is 2.76. The minimum absolute atomic E-state index is 0.000679. The lowest BCUT2D eigenvalue weighted by Crippen LogP contribution is -2.57. The zero-order chi connectivity index (χ0) is 28.8. The number of amides is 4. The molecular weight excluding hydrogens is 540 g/mol. The van der Waals surface area contributed by atoms with E-state index in [9.17, 15) is 24.0 Å². The molecule has 0 aromatic heterocycles. The van der Waals surface area contributed by atoms with Gasteiger partial charge in [0, 0.05) is 25.8 Å². The van der Waals surface area contributed by atoms with Gasteiger partial charge in [0.1, 0.15) is 18.1 Å². The highest BCUT2D eigenvalue weighted by Crippen LogP contribution is 2.30. The van der Waals surface area contributed by atoms with Crippen molar-refractivity contribution in [3.63, 3.8) is 0 Å². The molecule has 2 aliphatic heterocycles. The molecule has 0 spiro atoms. The van der Waals surface area contributed by atoms with Crippen LogP contribution in [0.2, 0.25) is 5.02 Å². The van der Waals surface area contributed by atoms with Crippen LogP contribution >= 0.6 is 11.6 Å². The zero-order valence-electron chi connectivity index (χ0n) is 22.9. The third kappa shape index (κ3) is 7.11. The normalized spacial score (nSPS) is 23.8. The van der Waals surface area contributed by atoms with Gasteiger partial charge in [0.25, 0.3) is 5.91 Å². The third-order valence-electron chi connectivity index (χ3n) is 7.67. The van der Waals surface area contributed by atoms with Gasteiger partial charge in [-0.05, 0) is 56.7 Å². The maximum absolute atomic E-state index is 14.0. The maximum Gasteiger partial charge on any atom is 0.310 e. The second-order valence-electron chi connectivity index (χ2n) is 10.5. The Morgan fingerprint density at radius 1 is 1.12 bits per heavy atom. The van der Waals surface area contributed by atoms with Gasteiger partial charge in [-0.25, -0.2) is 0 Å². The maximum atomic E-state index is 14.0. The number of rotatable bonds is 9. The number of hydrogen-bond acceptors (Lipinski definition) is 7. The number of hydrogen-bond donors (Lipinski definition) is 3. The monoisotopic (exact) mass is 576 g/mol. The van der Waals surface area contributed by atoms with Gasteiger partial charge >= 0.3 is 5.97 Å². The number of likely N-dealkylation sites (tertiary alicyclic amines) is 1. The van der Waals surface area contributed by atoms with Crippen LogP contribution in [0.25, 0.3) is 0 Å². The summed E-state index contributed by atoms with van der Waals surface area (Å²) in [6.07, 6.45) is 4.80. The van der Waals surface area contributed by atoms with Crippen LogP contribution in [0, 0.1) is 5.92 Å². The van der Waals surface area contributed by atoms with E-state index in [1.54, 1.807) is 17.9 Å². The van der Waals surface area contributed by atoms with Crippen LogP contribution in [0.3, 0.4) is 0 Å².